The number of hydrogen-bond acceptors (Lipinski definition) is 2. The second-order valence-corrected chi connectivity index (χ2v) is 3.33. The molecule has 1 rings (SSSR count). The van der Waals surface area contributed by atoms with Crippen LogP contribution in [-0.2, 0) is 4.79 Å². The highest BCUT2D eigenvalue weighted by molar-refractivity contribution is 5.87. The first-order chi connectivity index (χ1) is 6.29. The standard InChI is InChI=1S/C10H18N2O/c1-3-10(13)12(4-2)9-6-5-7-11-8-9/h3,9,11H,1,4-8H2,2H3. The van der Waals surface area contributed by atoms with Crippen LogP contribution in [0.5, 0.6) is 0 Å². The number of hydrogen-bond donors (Lipinski definition) is 1. The van der Waals surface area contributed by atoms with E-state index in [4.69, 9.17) is 0 Å². The summed E-state index contributed by atoms with van der Waals surface area (Å²) < 4.78 is 0. The normalized spacial score (nSPS) is 22.4. The van der Waals surface area contributed by atoms with Crippen LogP contribution in [0.25, 0.3) is 0 Å². The summed E-state index contributed by atoms with van der Waals surface area (Å²) in [5.41, 5.74) is 0. The smallest absolute Gasteiger partial charge is 0.246 e. The fourth-order valence-corrected chi connectivity index (χ4v) is 1.81. The highest BCUT2D eigenvalue weighted by atomic mass is 16.2. The van der Waals surface area contributed by atoms with E-state index in [2.05, 4.69) is 11.9 Å². The monoisotopic (exact) mass is 182 g/mol. The molecule has 0 saturated carbocycles. The summed E-state index contributed by atoms with van der Waals surface area (Å²) >= 11 is 0. The molecule has 1 aliphatic rings. The molecule has 1 saturated heterocycles. The zero-order valence-electron chi connectivity index (χ0n) is 8.25. The number of nitrogens with one attached hydrogen (secondary N) is 1. The molecule has 1 aliphatic heterocycles. The largest absolute Gasteiger partial charge is 0.335 e. The fraction of sp³-hybridized carbons (Fsp3) is 0.700. The van der Waals surface area contributed by atoms with E-state index < -0.39 is 0 Å². The molecule has 74 valence electrons. The summed E-state index contributed by atoms with van der Waals surface area (Å²) in [6.07, 6.45) is 3.67. The van der Waals surface area contributed by atoms with Gasteiger partial charge in [0.15, 0.2) is 0 Å². The average molecular weight is 182 g/mol. The van der Waals surface area contributed by atoms with Gasteiger partial charge in [0.2, 0.25) is 5.91 Å². The molecule has 0 bridgehead atoms. The molecule has 1 unspecified atom stereocenters. The predicted molar refractivity (Wildman–Crippen MR) is 53.5 cm³/mol. The second kappa shape index (κ2) is 5.02. The van der Waals surface area contributed by atoms with E-state index in [0.29, 0.717) is 6.04 Å². The second-order valence-electron chi connectivity index (χ2n) is 3.33. The average Bonchev–Trinajstić information content (AvgIpc) is 2.20. The summed E-state index contributed by atoms with van der Waals surface area (Å²) in [5, 5.41) is 3.30. The SMILES string of the molecule is C=CC(=O)N(CC)C1CCCNC1. The van der Waals surface area contributed by atoms with Crippen molar-refractivity contribution < 1.29 is 4.79 Å². The maximum atomic E-state index is 11.4. The van der Waals surface area contributed by atoms with Crippen molar-refractivity contribution in [2.24, 2.45) is 0 Å². The quantitative estimate of drug-likeness (QED) is 0.654. The van der Waals surface area contributed by atoms with E-state index in [1.807, 2.05) is 11.8 Å². The Balaban J connectivity index is 2.53. The van der Waals surface area contributed by atoms with Crippen LogP contribution < -0.4 is 5.32 Å². The molecule has 1 atom stereocenters. The van der Waals surface area contributed by atoms with Gasteiger partial charge in [-0.2, -0.15) is 0 Å². The van der Waals surface area contributed by atoms with Gasteiger partial charge >= 0.3 is 0 Å². The van der Waals surface area contributed by atoms with E-state index in [9.17, 15) is 4.79 Å². The molecule has 0 aromatic heterocycles. The molecule has 0 radical (unpaired) electrons. The van der Waals surface area contributed by atoms with E-state index in [1.165, 1.54) is 6.08 Å². The molecule has 3 nitrogen and oxygen atoms in total. The van der Waals surface area contributed by atoms with E-state index in [0.717, 1.165) is 32.5 Å². The molecule has 0 aromatic rings. The Morgan fingerprint density at radius 2 is 2.54 bits per heavy atom. The van der Waals surface area contributed by atoms with Gasteiger partial charge in [-0.05, 0) is 32.4 Å². The lowest BCUT2D eigenvalue weighted by molar-refractivity contribution is -0.128. The van der Waals surface area contributed by atoms with Crippen LogP contribution >= 0.6 is 0 Å². The molecule has 0 aliphatic carbocycles. The van der Waals surface area contributed by atoms with Crippen molar-refractivity contribution in [3.8, 4) is 0 Å². The van der Waals surface area contributed by atoms with Crippen LogP contribution in [-0.4, -0.2) is 36.5 Å². The van der Waals surface area contributed by atoms with E-state index in [1.54, 1.807) is 0 Å². The first-order valence-electron chi connectivity index (χ1n) is 4.93. The third-order valence-electron chi connectivity index (χ3n) is 2.51. The fourth-order valence-electron chi connectivity index (χ4n) is 1.81. The highest BCUT2D eigenvalue weighted by Gasteiger charge is 2.21. The van der Waals surface area contributed by atoms with E-state index >= 15 is 0 Å². The third kappa shape index (κ3) is 2.56. The van der Waals surface area contributed by atoms with Crippen molar-refractivity contribution in [2.75, 3.05) is 19.6 Å². The Kier molecular flexibility index (Phi) is 3.96. The van der Waals surface area contributed by atoms with Crippen molar-refractivity contribution in [2.45, 2.75) is 25.8 Å². The highest BCUT2D eigenvalue weighted by Crippen LogP contribution is 2.10. The third-order valence-corrected chi connectivity index (χ3v) is 2.51. The minimum absolute atomic E-state index is 0.0520. The molecule has 1 amide bonds. The lowest BCUT2D eigenvalue weighted by Gasteiger charge is -2.33. The van der Waals surface area contributed by atoms with Crippen LogP contribution in [0.1, 0.15) is 19.8 Å². The summed E-state index contributed by atoms with van der Waals surface area (Å²) in [6, 6.07) is 0.365. The molecule has 1 N–H and O–H groups in total. The van der Waals surface area contributed by atoms with Gasteiger partial charge < -0.3 is 10.2 Å². The van der Waals surface area contributed by atoms with Crippen molar-refractivity contribution in [3.63, 3.8) is 0 Å². The van der Waals surface area contributed by atoms with Crippen molar-refractivity contribution in [3.05, 3.63) is 12.7 Å². The molecule has 3 heteroatoms. The first-order valence-corrected chi connectivity index (χ1v) is 4.93. The Labute approximate surface area is 79.8 Å². The number of rotatable bonds is 3. The molecule has 1 fully saturated rings. The maximum Gasteiger partial charge on any atom is 0.246 e. The van der Waals surface area contributed by atoms with Crippen molar-refractivity contribution >= 4 is 5.91 Å². The Hall–Kier alpha value is -0.830. The van der Waals surface area contributed by atoms with Gasteiger partial charge in [0.25, 0.3) is 0 Å². The number of carbonyl (C=O) groups is 1. The number of carbonyl (C=O) groups excluding carboxylic acids is 1. The molecule has 0 spiro atoms. The summed E-state index contributed by atoms with van der Waals surface area (Å²) in [5.74, 6) is 0.0520. The minimum Gasteiger partial charge on any atom is -0.335 e. The van der Waals surface area contributed by atoms with Gasteiger partial charge in [0.1, 0.15) is 0 Å². The Morgan fingerprint density at radius 1 is 1.77 bits per heavy atom. The summed E-state index contributed by atoms with van der Waals surface area (Å²) in [7, 11) is 0. The molecular formula is C10H18N2O. The van der Waals surface area contributed by atoms with Gasteiger partial charge in [0.05, 0.1) is 0 Å². The number of likely N-dealkylation sites (N-methyl/N-ethyl adjacent to an activating group) is 1. The summed E-state index contributed by atoms with van der Waals surface area (Å²) in [6.45, 7) is 8.30. The molecule has 1 heterocycles. The Bertz CT molecular complexity index is 185. The Morgan fingerprint density at radius 3 is 3.00 bits per heavy atom. The van der Waals surface area contributed by atoms with Gasteiger partial charge in [-0.1, -0.05) is 6.58 Å². The zero-order valence-corrected chi connectivity index (χ0v) is 8.25. The maximum absolute atomic E-state index is 11.4. The molecule has 0 aromatic carbocycles. The van der Waals surface area contributed by atoms with Crippen LogP contribution in [0.15, 0.2) is 12.7 Å². The van der Waals surface area contributed by atoms with E-state index in [-0.39, 0.29) is 5.91 Å². The van der Waals surface area contributed by atoms with Gasteiger partial charge in [-0.25, -0.2) is 0 Å². The van der Waals surface area contributed by atoms with Crippen molar-refractivity contribution in [1.29, 1.82) is 0 Å². The molecule has 13 heavy (non-hydrogen) atoms. The molecular weight excluding hydrogens is 164 g/mol. The van der Waals surface area contributed by atoms with Crippen LogP contribution in [0.3, 0.4) is 0 Å². The topological polar surface area (TPSA) is 32.3 Å². The first kappa shape index (κ1) is 10.3. The van der Waals surface area contributed by atoms with Gasteiger partial charge in [-0.3, -0.25) is 4.79 Å². The lowest BCUT2D eigenvalue weighted by Crippen LogP contribution is -2.48. The van der Waals surface area contributed by atoms with Crippen LogP contribution in [0.4, 0.5) is 0 Å². The zero-order chi connectivity index (χ0) is 9.68. The number of nitrogens with zero attached hydrogens (tertiary/aromatic N) is 1. The van der Waals surface area contributed by atoms with Crippen LogP contribution in [0.2, 0.25) is 0 Å². The van der Waals surface area contributed by atoms with Gasteiger partial charge in [-0.15, -0.1) is 0 Å². The number of piperidine rings is 1. The number of amides is 1. The van der Waals surface area contributed by atoms with Crippen LogP contribution in [0, 0.1) is 0 Å². The van der Waals surface area contributed by atoms with Crippen molar-refractivity contribution in [1.82, 2.24) is 10.2 Å². The minimum atomic E-state index is 0.0520. The predicted octanol–water partition coefficient (Wildman–Crippen LogP) is 0.773. The van der Waals surface area contributed by atoms with Gasteiger partial charge in [0, 0.05) is 19.1 Å². The summed E-state index contributed by atoms with van der Waals surface area (Å²) in [4.78, 5) is 13.3. The lowest BCUT2D eigenvalue weighted by atomic mass is 10.1.